The van der Waals surface area contributed by atoms with Gasteiger partial charge in [-0.1, -0.05) is 22.9 Å². The molecule has 1 rings (SSSR count). The van der Waals surface area contributed by atoms with Gasteiger partial charge in [0.15, 0.2) is 21.3 Å². The summed E-state index contributed by atoms with van der Waals surface area (Å²) < 4.78 is 34.3. The van der Waals surface area contributed by atoms with Gasteiger partial charge in [0.2, 0.25) is 0 Å². The molecular formula is C12H16Br2O4S. The Balaban J connectivity index is 2.83. The third kappa shape index (κ3) is 4.96. The van der Waals surface area contributed by atoms with E-state index in [0.717, 1.165) is 10.0 Å². The van der Waals surface area contributed by atoms with Gasteiger partial charge in [-0.25, -0.2) is 8.42 Å². The van der Waals surface area contributed by atoms with Crippen molar-refractivity contribution in [2.45, 2.75) is 12.3 Å². The average Bonchev–Trinajstić information content (AvgIpc) is 2.39. The van der Waals surface area contributed by atoms with Crippen molar-refractivity contribution < 1.29 is 17.9 Å². The van der Waals surface area contributed by atoms with Crippen LogP contribution in [0, 0.1) is 0 Å². The van der Waals surface area contributed by atoms with Gasteiger partial charge in [-0.2, -0.15) is 0 Å². The molecule has 19 heavy (non-hydrogen) atoms. The van der Waals surface area contributed by atoms with E-state index in [1.54, 1.807) is 14.0 Å². The summed E-state index contributed by atoms with van der Waals surface area (Å²) in [6.07, 6.45) is 0. The van der Waals surface area contributed by atoms with E-state index in [0.29, 0.717) is 16.8 Å². The van der Waals surface area contributed by atoms with Gasteiger partial charge in [-0.3, -0.25) is 0 Å². The normalized spacial score (nSPS) is 11.4. The number of alkyl halides is 1. The molecule has 108 valence electrons. The summed E-state index contributed by atoms with van der Waals surface area (Å²) in [5.41, 5.74) is 1.04. The van der Waals surface area contributed by atoms with Crippen molar-refractivity contribution in [2.24, 2.45) is 0 Å². The van der Waals surface area contributed by atoms with E-state index < -0.39 is 9.84 Å². The number of hydrogen-bond acceptors (Lipinski definition) is 4. The van der Waals surface area contributed by atoms with Gasteiger partial charge in [-0.15, -0.1) is 0 Å². The molecule has 0 spiro atoms. The molecule has 0 saturated heterocycles. The van der Waals surface area contributed by atoms with Gasteiger partial charge in [0.1, 0.15) is 6.61 Å². The first-order chi connectivity index (χ1) is 8.93. The Bertz CT molecular complexity index is 529. The van der Waals surface area contributed by atoms with Crippen LogP contribution in [0.3, 0.4) is 0 Å². The summed E-state index contributed by atoms with van der Waals surface area (Å²) in [5.74, 6) is 1.23. The van der Waals surface area contributed by atoms with Crippen molar-refractivity contribution in [3.63, 3.8) is 0 Å². The summed E-state index contributed by atoms with van der Waals surface area (Å²) >= 11 is 6.77. The number of benzene rings is 1. The highest BCUT2D eigenvalue weighted by molar-refractivity contribution is 9.10. The lowest BCUT2D eigenvalue weighted by atomic mass is 10.2. The summed E-state index contributed by atoms with van der Waals surface area (Å²) in [5, 5.41) is 0.701. The molecular weight excluding hydrogens is 400 g/mol. The minimum Gasteiger partial charge on any atom is -0.493 e. The molecule has 0 aromatic heterocycles. The minimum absolute atomic E-state index is 0.000704. The number of methoxy groups -OCH3 is 1. The molecule has 0 heterocycles. The SMILES string of the molecule is CCS(=O)(=O)CCOc1c(Br)cc(CBr)cc1OC. The van der Waals surface area contributed by atoms with Crippen LogP contribution in [-0.2, 0) is 15.2 Å². The third-order valence-corrected chi connectivity index (χ3v) is 5.43. The Labute approximate surface area is 130 Å². The molecule has 4 nitrogen and oxygen atoms in total. The van der Waals surface area contributed by atoms with Crippen molar-refractivity contribution >= 4 is 41.7 Å². The molecule has 0 atom stereocenters. The molecule has 0 saturated carbocycles. The summed E-state index contributed by atoms with van der Waals surface area (Å²) in [6.45, 7) is 1.73. The minimum atomic E-state index is -3.02. The van der Waals surface area contributed by atoms with Crippen LogP contribution in [-0.4, -0.2) is 33.6 Å². The maximum absolute atomic E-state index is 11.4. The van der Waals surface area contributed by atoms with E-state index in [4.69, 9.17) is 9.47 Å². The summed E-state index contributed by atoms with van der Waals surface area (Å²) in [7, 11) is -1.47. The zero-order valence-corrected chi connectivity index (χ0v) is 14.8. The van der Waals surface area contributed by atoms with Crippen LogP contribution < -0.4 is 9.47 Å². The Hall–Kier alpha value is -0.270. The first-order valence-corrected chi connectivity index (χ1v) is 9.42. The number of rotatable bonds is 7. The summed E-state index contributed by atoms with van der Waals surface area (Å²) in [4.78, 5) is 0. The highest BCUT2D eigenvalue weighted by Gasteiger charge is 2.13. The van der Waals surface area contributed by atoms with E-state index in [1.165, 1.54) is 0 Å². The predicted molar refractivity (Wildman–Crippen MR) is 83.1 cm³/mol. The number of hydrogen-bond donors (Lipinski definition) is 0. The fourth-order valence-electron chi connectivity index (χ4n) is 1.41. The predicted octanol–water partition coefficient (Wildman–Crippen LogP) is 3.17. The molecule has 1 aromatic rings. The quantitative estimate of drug-likeness (QED) is 0.641. The topological polar surface area (TPSA) is 52.6 Å². The second kappa shape index (κ2) is 7.50. The maximum atomic E-state index is 11.4. The standard InChI is InChI=1S/C12H16Br2O4S/c1-3-19(15,16)5-4-18-12-10(14)6-9(8-13)7-11(12)17-2/h6-7H,3-5,8H2,1-2H3. The number of halogens is 2. The van der Waals surface area contributed by atoms with Crippen LogP contribution in [0.4, 0.5) is 0 Å². The van der Waals surface area contributed by atoms with Crippen LogP contribution in [0.15, 0.2) is 16.6 Å². The fraction of sp³-hybridized carbons (Fsp3) is 0.500. The van der Waals surface area contributed by atoms with Gasteiger partial charge >= 0.3 is 0 Å². The van der Waals surface area contributed by atoms with E-state index in [9.17, 15) is 8.42 Å². The molecule has 0 unspecified atom stereocenters. The molecule has 7 heteroatoms. The zero-order valence-electron chi connectivity index (χ0n) is 10.8. The van der Waals surface area contributed by atoms with Crippen molar-refractivity contribution in [3.05, 3.63) is 22.2 Å². The second-order valence-electron chi connectivity index (χ2n) is 3.83. The highest BCUT2D eigenvalue weighted by Crippen LogP contribution is 2.37. The van der Waals surface area contributed by atoms with Crippen molar-refractivity contribution in [2.75, 3.05) is 25.2 Å². The first-order valence-electron chi connectivity index (χ1n) is 5.69. The average molecular weight is 416 g/mol. The van der Waals surface area contributed by atoms with Crippen molar-refractivity contribution in [1.29, 1.82) is 0 Å². The van der Waals surface area contributed by atoms with Gasteiger partial charge < -0.3 is 9.47 Å². The van der Waals surface area contributed by atoms with Crippen molar-refractivity contribution in [3.8, 4) is 11.5 Å². The lowest BCUT2D eigenvalue weighted by Crippen LogP contribution is -2.16. The van der Waals surface area contributed by atoms with Crippen LogP contribution >= 0.6 is 31.9 Å². The van der Waals surface area contributed by atoms with E-state index >= 15 is 0 Å². The largest absolute Gasteiger partial charge is 0.493 e. The molecule has 0 aliphatic rings. The highest BCUT2D eigenvalue weighted by atomic mass is 79.9. The van der Waals surface area contributed by atoms with Crippen LogP contribution in [0.25, 0.3) is 0 Å². The third-order valence-electron chi connectivity index (χ3n) is 2.52. The van der Waals surface area contributed by atoms with Gasteiger partial charge in [-0.05, 0) is 33.6 Å². The Morgan fingerprint density at radius 1 is 1.32 bits per heavy atom. The molecule has 1 aromatic carbocycles. The van der Waals surface area contributed by atoms with E-state index in [2.05, 4.69) is 31.9 Å². The molecule has 0 aliphatic heterocycles. The van der Waals surface area contributed by atoms with Crippen molar-refractivity contribution in [1.82, 2.24) is 0 Å². The zero-order chi connectivity index (χ0) is 14.5. The van der Waals surface area contributed by atoms with Gasteiger partial charge in [0.25, 0.3) is 0 Å². The van der Waals surface area contributed by atoms with Gasteiger partial charge in [0, 0.05) is 11.1 Å². The molecule has 0 fully saturated rings. The van der Waals surface area contributed by atoms with Crippen LogP contribution in [0.1, 0.15) is 12.5 Å². The Morgan fingerprint density at radius 3 is 2.53 bits per heavy atom. The van der Waals surface area contributed by atoms with E-state index in [1.807, 2.05) is 12.1 Å². The Kier molecular flexibility index (Phi) is 6.62. The molecule has 0 N–H and O–H groups in total. The van der Waals surface area contributed by atoms with E-state index in [-0.39, 0.29) is 18.1 Å². The summed E-state index contributed by atoms with van der Waals surface area (Å²) in [6, 6.07) is 3.75. The lowest BCUT2D eigenvalue weighted by molar-refractivity contribution is 0.309. The monoisotopic (exact) mass is 414 g/mol. The van der Waals surface area contributed by atoms with Crippen LogP contribution in [0.5, 0.6) is 11.5 Å². The second-order valence-corrected chi connectivity index (χ2v) is 7.72. The molecule has 0 amide bonds. The van der Waals surface area contributed by atoms with Gasteiger partial charge in [0.05, 0.1) is 17.3 Å². The maximum Gasteiger partial charge on any atom is 0.175 e. The number of sulfone groups is 1. The molecule has 0 radical (unpaired) electrons. The fourth-order valence-corrected chi connectivity index (χ4v) is 2.96. The Morgan fingerprint density at radius 2 is 2.00 bits per heavy atom. The lowest BCUT2D eigenvalue weighted by Gasteiger charge is -2.13. The smallest absolute Gasteiger partial charge is 0.175 e. The van der Waals surface area contributed by atoms with Crippen LogP contribution in [0.2, 0.25) is 0 Å². The molecule has 0 bridgehead atoms. The molecule has 0 aliphatic carbocycles. The number of ether oxygens (including phenoxy) is 2. The first kappa shape index (κ1) is 16.8.